The average Bonchev–Trinajstić information content (AvgIpc) is 2.11. The summed E-state index contributed by atoms with van der Waals surface area (Å²) in [4.78, 5) is 21.1. The summed E-state index contributed by atoms with van der Waals surface area (Å²) < 4.78 is 0. The maximum atomic E-state index is 10.7. The second kappa shape index (κ2) is 5.47. The van der Waals surface area contributed by atoms with Gasteiger partial charge in [-0.3, -0.25) is 14.8 Å². The summed E-state index contributed by atoms with van der Waals surface area (Å²) in [5, 5.41) is 18.5. The van der Waals surface area contributed by atoms with Gasteiger partial charge in [0.2, 0.25) is 5.91 Å². The monoisotopic (exact) mass is 177 g/mol. The molecular formula is C5H11N3O4. The van der Waals surface area contributed by atoms with E-state index in [9.17, 15) is 9.59 Å². The van der Waals surface area contributed by atoms with Crippen molar-refractivity contribution in [1.82, 2.24) is 10.8 Å². The van der Waals surface area contributed by atoms with E-state index in [0.717, 1.165) is 0 Å². The third-order valence-electron chi connectivity index (χ3n) is 1.08. The lowest BCUT2D eigenvalue weighted by atomic mass is 10.3. The molecule has 0 spiro atoms. The highest BCUT2D eigenvalue weighted by Crippen LogP contribution is 1.75. The Morgan fingerprint density at radius 2 is 2.08 bits per heavy atom. The predicted octanol–water partition coefficient (Wildman–Crippen LogP) is -3.07. The molecule has 0 heterocycles. The molecule has 0 bridgehead atoms. The highest BCUT2D eigenvalue weighted by atomic mass is 16.5. The third kappa shape index (κ3) is 3.86. The molecule has 0 aromatic rings. The van der Waals surface area contributed by atoms with Crippen LogP contribution in [0.3, 0.4) is 0 Å². The molecule has 0 saturated carbocycles. The lowest BCUT2D eigenvalue weighted by Gasteiger charge is -2.07. The fourth-order valence-corrected chi connectivity index (χ4v) is 0.421. The van der Waals surface area contributed by atoms with Gasteiger partial charge in [0.1, 0.15) is 6.04 Å². The number of hydroxylamine groups is 1. The van der Waals surface area contributed by atoms with Crippen molar-refractivity contribution in [1.29, 1.82) is 0 Å². The summed E-state index contributed by atoms with van der Waals surface area (Å²) in [6.45, 7) is -0.865. The number of hydrogen-bond donors (Lipinski definition) is 5. The topological polar surface area (TPSA) is 125 Å². The second-order valence-corrected chi connectivity index (χ2v) is 2.04. The summed E-state index contributed by atoms with van der Waals surface area (Å²) in [7, 11) is 0. The van der Waals surface area contributed by atoms with Gasteiger partial charge in [0.25, 0.3) is 5.91 Å². The first-order valence-electron chi connectivity index (χ1n) is 3.19. The minimum atomic E-state index is -1.04. The Morgan fingerprint density at radius 3 is 2.50 bits per heavy atom. The number of nitrogens with one attached hydrogen (secondary N) is 2. The molecule has 0 aliphatic rings. The molecule has 0 unspecified atom stereocenters. The molecule has 0 aromatic carbocycles. The van der Waals surface area contributed by atoms with Gasteiger partial charge >= 0.3 is 0 Å². The fraction of sp³-hybridized carbons (Fsp3) is 0.600. The first-order valence-corrected chi connectivity index (χ1v) is 3.19. The molecule has 7 heteroatoms. The van der Waals surface area contributed by atoms with Gasteiger partial charge in [0.05, 0.1) is 13.2 Å². The Hall–Kier alpha value is -1.18. The predicted molar refractivity (Wildman–Crippen MR) is 38.0 cm³/mol. The van der Waals surface area contributed by atoms with E-state index >= 15 is 0 Å². The van der Waals surface area contributed by atoms with Crippen molar-refractivity contribution in [2.24, 2.45) is 5.73 Å². The number of amides is 2. The Balaban J connectivity index is 3.64. The van der Waals surface area contributed by atoms with Crippen LogP contribution in [-0.4, -0.2) is 41.3 Å². The largest absolute Gasteiger partial charge is 0.394 e. The van der Waals surface area contributed by atoms with Crippen LogP contribution in [0.4, 0.5) is 0 Å². The molecular weight excluding hydrogens is 166 g/mol. The molecule has 0 saturated heterocycles. The van der Waals surface area contributed by atoms with Crippen LogP contribution >= 0.6 is 0 Å². The van der Waals surface area contributed by atoms with Gasteiger partial charge in [-0.15, -0.1) is 0 Å². The van der Waals surface area contributed by atoms with Crippen LogP contribution in [0.5, 0.6) is 0 Å². The fourth-order valence-electron chi connectivity index (χ4n) is 0.421. The maximum absolute atomic E-state index is 10.7. The van der Waals surface area contributed by atoms with Crippen LogP contribution in [0.15, 0.2) is 0 Å². The zero-order chi connectivity index (χ0) is 9.56. The molecule has 1 atom stereocenters. The van der Waals surface area contributed by atoms with Gasteiger partial charge in [-0.05, 0) is 0 Å². The number of rotatable bonds is 4. The molecule has 0 fully saturated rings. The van der Waals surface area contributed by atoms with E-state index in [1.54, 1.807) is 0 Å². The van der Waals surface area contributed by atoms with Crippen molar-refractivity contribution >= 4 is 11.8 Å². The van der Waals surface area contributed by atoms with Gasteiger partial charge in [0.15, 0.2) is 0 Å². The van der Waals surface area contributed by atoms with E-state index in [0.29, 0.717) is 0 Å². The molecule has 6 N–H and O–H groups in total. The number of hydrogen-bond acceptors (Lipinski definition) is 5. The van der Waals surface area contributed by atoms with Gasteiger partial charge in [-0.2, -0.15) is 0 Å². The molecule has 0 radical (unpaired) electrons. The summed E-state index contributed by atoms with van der Waals surface area (Å²) >= 11 is 0. The van der Waals surface area contributed by atoms with Crippen molar-refractivity contribution in [3.63, 3.8) is 0 Å². The van der Waals surface area contributed by atoms with E-state index < -0.39 is 24.5 Å². The molecule has 7 nitrogen and oxygen atoms in total. The number of aliphatic hydroxyl groups is 1. The van der Waals surface area contributed by atoms with Crippen LogP contribution in [0, 0.1) is 0 Å². The lowest BCUT2D eigenvalue weighted by Crippen LogP contribution is -2.46. The Bertz CT molecular complexity index is 172. The summed E-state index contributed by atoms with van der Waals surface area (Å²) in [6.07, 6.45) is 0. The Kier molecular flexibility index (Phi) is 4.93. The van der Waals surface area contributed by atoms with E-state index in [-0.39, 0.29) is 6.54 Å². The smallest absolute Gasteiger partial charge is 0.262 e. The van der Waals surface area contributed by atoms with Crippen LogP contribution < -0.4 is 16.5 Å². The normalized spacial score (nSPS) is 11.9. The van der Waals surface area contributed by atoms with Gasteiger partial charge in [0, 0.05) is 0 Å². The highest BCUT2D eigenvalue weighted by Gasteiger charge is 2.12. The van der Waals surface area contributed by atoms with Crippen molar-refractivity contribution in [2.75, 3.05) is 13.2 Å². The van der Waals surface area contributed by atoms with Crippen LogP contribution in [0.1, 0.15) is 0 Å². The minimum absolute atomic E-state index is 0.372. The number of carbonyl (C=O) groups is 2. The van der Waals surface area contributed by atoms with E-state index in [4.69, 9.17) is 16.0 Å². The van der Waals surface area contributed by atoms with Crippen LogP contribution in [0.25, 0.3) is 0 Å². The summed E-state index contributed by atoms with van der Waals surface area (Å²) in [5.41, 5.74) is 6.41. The first-order chi connectivity index (χ1) is 5.61. The van der Waals surface area contributed by atoms with Gasteiger partial charge in [-0.1, -0.05) is 0 Å². The molecule has 2 amide bonds. The molecule has 70 valence electrons. The molecule has 0 aliphatic heterocycles. The van der Waals surface area contributed by atoms with Crippen molar-refractivity contribution in [2.45, 2.75) is 6.04 Å². The average molecular weight is 177 g/mol. The molecule has 12 heavy (non-hydrogen) atoms. The lowest BCUT2D eigenvalue weighted by molar-refractivity contribution is -0.131. The SMILES string of the molecule is N[C@@H](CO)C(=O)NCC(=O)NO. The minimum Gasteiger partial charge on any atom is -0.394 e. The number of aliphatic hydroxyl groups excluding tert-OH is 1. The van der Waals surface area contributed by atoms with Crippen molar-refractivity contribution in [3.8, 4) is 0 Å². The number of nitrogens with two attached hydrogens (primary N) is 1. The van der Waals surface area contributed by atoms with E-state index in [2.05, 4.69) is 5.32 Å². The summed E-state index contributed by atoms with van der Waals surface area (Å²) in [5.74, 6) is -1.41. The summed E-state index contributed by atoms with van der Waals surface area (Å²) in [6, 6.07) is -1.04. The maximum Gasteiger partial charge on any atom is 0.262 e. The standard InChI is InChI=1S/C5H11N3O4/c6-3(2-9)5(11)7-1-4(10)8-12/h3,9,12H,1-2,6H2,(H,7,11)(H,8,10)/t3-/m0/s1. The zero-order valence-corrected chi connectivity index (χ0v) is 6.28. The molecule has 0 aromatic heterocycles. The third-order valence-corrected chi connectivity index (χ3v) is 1.08. The first kappa shape index (κ1) is 10.8. The van der Waals surface area contributed by atoms with Crippen molar-refractivity contribution in [3.05, 3.63) is 0 Å². The molecule has 0 aliphatic carbocycles. The Morgan fingerprint density at radius 1 is 1.50 bits per heavy atom. The second-order valence-electron chi connectivity index (χ2n) is 2.04. The number of carbonyl (C=O) groups excluding carboxylic acids is 2. The van der Waals surface area contributed by atoms with Crippen LogP contribution in [0.2, 0.25) is 0 Å². The van der Waals surface area contributed by atoms with Gasteiger partial charge < -0.3 is 16.2 Å². The molecule has 0 rings (SSSR count). The zero-order valence-electron chi connectivity index (χ0n) is 6.28. The van der Waals surface area contributed by atoms with E-state index in [1.807, 2.05) is 0 Å². The highest BCUT2D eigenvalue weighted by molar-refractivity contribution is 5.86. The van der Waals surface area contributed by atoms with Gasteiger partial charge in [-0.25, -0.2) is 5.48 Å². The van der Waals surface area contributed by atoms with Crippen molar-refractivity contribution < 1.29 is 19.9 Å². The quantitative estimate of drug-likeness (QED) is 0.230. The van der Waals surface area contributed by atoms with Crippen LogP contribution in [-0.2, 0) is 9.59 Å². The van der Waals surface area contributed by atoms with E-state index in [1.165, 1.54) is 5.48 Å². The Labute approximate surface area is 68.5 Å².